The molecule has 0 spiro atoms. The quantitative estimate of drug-likeness (QED) is 0.0841. The maximum atomic E-state index is 14.6. The molecule has 1 amide bonds. The van der Waals surface area contributed by atoms with E-state index in [1.54, 1.807) is 66.9 Å². The summed E-state index contributed by atoms with van der Waals surface area (Å²) < 4.78 is 83.0. The zero-order chi connectivity index (χ0) is 59.9. The van der Waals surface area contributed by atoms with Gasteiger partial charge in [-0.05, 0) is 141 Å². The van der Waals surface area contributed by atoms with Crippen molar-refractivity contribution in [3.8, 4) is 0 Å². The number of allylic oxidation sites excluding steroid dienone is 6. The second-order valence-electron chi connectivity index (χ2n) is 24.4. The molecule has 80 heavy (non-hydrogen) atoms. The van der Waals surface area contributed by atoms with E-state index in [4.69, 9.17) is 33.2 Å². The van der Waals surface area contributed by atoms with Gasteiger partial charge >= 0.3 is 12.1 Å². The number of cyclic esters (lactones) is 1. The number of ether oxygens (including phenoxy) is 7. The van der Waals surface area contributed by atoms with Crippen LogP contribution < -0.4 is 0 Å². The van der Waals surface area contributed by atoms with Gasteiger partial charge in [0, 0.05) is 51.4 Å². The van der Waals surface area contributed by atoms with Gasteiger partial charge in [0.25, 0.3) is 11.7 Å². The molecule has 3 fully saturated rings. The first-order chi connectivity index (χ1) is 37.4. The monoisotopic (exact) mass is 1140 g/mol. The molecule has 0 radical (unpaired) electrons. The van der Waals surface area contributed by atoms with Gasteiger partial charge in [0.2, 0.25) is 5.79 Å². The number of halogens is 3. The average Bonchev–Trinajstić information content (AvgIpc) is 3.39. The first kappa shape index (κ1) is 68.8. The van der Waals surface area contributed by atoms with Crippen molar-refractivity contribution in [1.29, 1.82) is 0 Å². The fraction of sp³-hybridized carbons (Fsp3) is 0.787. The minimum atomic E-state index is -4.60. The van der Waals surface area contributed by atoms with Crippen molar-refractivity contribution >= 4 is 29.2 Å². The van der Waals surface area contributed by atoms with E-state index >= 15 is 0 Å². The number of carbonyl (C=O) groups excluding carboxylic acids is 5. The summed E-state index contributed by atoms with van der Waals surface area (Å²) in [5.41, 5.74) is -2.42. The first-order valence-electron chi connectivity index (χ1n) is 29.0. The Morgan fingerprint density at radius 3 is 2.20 bits per heavy atom. The second kappa shape index (κ2) is 30.8. The van der Waals surface area contributed by atoms with Gasteiger partial charge in [0.15, 0.2) is 11.4 Å². The summed E-state index contributed by atoms with van der Waals surface area (Å²) in [4.78, 5) is 73.1. The van der Waals surface area contributed by atoms with Crippen molar-refractivity contribution in [1.82, 2.24) is 4.90 Å². The van der Waals surface area contributed by atoms with Crippen molar-refractivity contribution in [2.45, 2.75) is 232 Å². The van der Waals surface area contributed by atoms with Gasteiger partial charge in [-0.25, -0.2) is 4.79 Å². The molecule has 3 unspecified atom stereocenters. The van der Waals surface area contributed by atoms with Gasteiger partial charge in [0.1, 0.15) is 30.1 Å². The van der Waals surface area contributed by atoms with E-state index in [0.29, 0.717) is 56.1 Å². The minimum Gasteiger partial charge on any atom is -0.460 e. The Morgan fingerprint density at radius 2 is 1.55 bits per heavy atom. The highest BCUT2D eigenvalue weighted by Crippen LogP contribution is 2.40. The lowest BCUT2D eigenvalue weighted by Crippen LogP contribution is -2.61. The van der Waals surface area contributed by atoms with E-state index in [-0.39, 0.29) is 94.1 Å². The molecule has 1 saturated carbocycles. The number of Topliss-reactive ketones (excluding diaryl/α,β-unsaturated/α-hetero) is 3. The molecule has 0 aromatic heterocycles. The first-order valence-corrected chi connectivity index (χ1v) is 29.0. The molecular weight excluding hydrogens is 1040 g/mol. The average molecular weight is 1140 g/mol. The molecule has 2 bridgehead atoms. The smallest absolute Gasteiger partial charge is 0.416 e. The highest BCUT2D eigenvalue weighted by Gasteiger charge is 2.54. The van der Waals surface area contributed by atoms with Crippen molar-refractivity contribution in [2.75, 3.05) is 40.6 Å². The number of aliphatic hydroxyl groups excluding tert-OH is 2. The van der Waals surface area contributed by atoms with Crippen LogP contribution >= 0.6 is 0 Å². The van der Waals surface area contributed by atoms with E-state index < -0.39 is 101 Å². The Balaban J connectivity index is 1.74. The van der Waals surface area contributed by atoms with Crippen LogP contribution in [0.5, 0.6) is 0 Å². The second-order valence-corrected chi connectivity index (χ2v) is 24.4. The standard InChI is InChI=1S/C61H96F3NO15/c1-37-19-15-14-16-20-38(2)50(80-58(8,9)26-29-77-59(10,11)61(62,63)64)35-45-24-22-43(7)60(73,79-45)55(70)56(71)65-27-18-17-21-46(65)57(72)78-49(40(4)33-44-23-25-48(76-30-28-66)51(34-44)74-12)36-47(67)39(3)32-42(6)53(69)54(75-13)52(68)41(5)31-37/h14-16,19-20,32,37,39-41,43-46,48-51,53-54,66,69,73H,17-18,21-31,33-36H2,1-13H3/b16-14+,19-15+,38-20+,42-32+/t37-,39-,40-,41-,43-,44?,45+,46+,48-,49?,50?,51-,53-,54+,60-/m1/s1. The molecule has 1 aliphatic carbocycles. The van der Waals surface area contributed by atoms with Gasteiger partial charge in [-0.2, -0.15) is 13.2 Å². The summed E-state index contributed by atoms with van der Waals surface area (Å²) in [6, 6.07) is -1.23. The van der Waals surface area contributed by atoms with Crippen LogP contribution in [0.3, 0.4) is 0 Å². The van der Waals surface area contributed by atoms with Crippen LogP contribution in [0, 0.1) is 35.5 Å². The number of methoxy groups -OCH3 is 2. The summed E-state index contributed by atoms with van der Waals surface area (Å²) in [6.07, 6.45) is 5.15. The highest BCUT2D eigenvalue weighted by molar-refractivity contribution is 6.39. The number of fused-ring (bicyclic) bond motifs is 3. The molecular formula is C61H96F3NO15. The largest absolute Gasteiger partial charge is 0.460 e. The van der Waals surface area contributed by atoms with Crippen molar-refractivity contribution in [3.05, 3.63) is 47.6 Å². The molecule has 15 atom stereocenters. The lowest BCUT2D eigenvalue weighted by molar-refractivity contribution is -0.269. The maximum Gasteiger partial charge on any atom is 0.416 e. The summed E-state index contributed by atoms with van der Waals surface area (Å²) in [5.74, 6) is -8.96. The lowest BCUT2D eigenvalue weighted by Gasteiger charge is -2.43. The van der Waals surface area contributed by atoms with Gasteiger partial charge in [0.05, 0.1) is 49.8 Å². The summed E-state index contributed by atoms with van der Waals surface area (Å²) in [6.45, 7) is 17.5. The molecule has 3 heterocycles. The van der Waals surface area contributed by atoms with E-state index in [2.05, 4.69) is 0 Å². The molecule has 0 aromatic rings. The molecule has 2 saturated heterocycles. The zero-order valence-electron chi connectivity index (χ0n) is 49.9. The predicted molar refractivity (Wildman–Crippen MR) is 295 cm³/mol. The fourth-order valence-electron chi connectivity index (χ4n) is 11.4. The SMILES string of the molecule is CO[C@@H]1CC(C[C@@H](C)C2CC(=O)[C@H](C)/C=C(\C)[C@@H](O)[C@@H](OC)C(=O)[C@H](C)C[C@H](C)/C=C/C=C/C=C(\C)C(OC(C)(C)CCOC(C)(C)C(F)(F)F)C[C@@H]3CC[C@@H](C)[C@@](O)(O3)C(=O)C(=O)N3CCCC[C@H]3C(=O)O2)CC[C@H]1OCCO. The van der Waals surface area contributed by atoms with Crippen LogP contribution in [0.25, 0.3) is 0 Å². The zero-order valence-corrected chi connectivity index (χ0v) is 49.9. The fourth-order valence-corrected chi connectivity index (χ4v) is 11.4. The molecule has 4 aliphatic rings. The van der Waals surface area contributed by atoms with Gasteiger partial charge in [-0.15, -0.1) is 0 Å². The molecule has 3 N–H and O–H groups in total. The van der Waals surface area contributed by atoms with Crippen molar-refractivity contribution < 1.29 is 85.6 Å². The van der Waals surface area contributed by atoms with E-state index in [1.807, 2.05) is 39.0 Å². The van der Waals surface area contributed by atoms with E-state index in [0.717, 1.165) is 25.2 Å². The normalized spacial score (nSPS) is 35.8. The summed E-state index contributed by atoms with van der Waals surface area (Å²) in [7, 11) is 2.95. The number of ketones is 3. The van der Waals surface area contributed by atoms with Crippen LogP contribution in [-0.2, 0) is 57.1 Å². The Bertz CT molecular complexity index is 2170. The number of esters is 1. The van der Waals surface area contributed by atoms with Crippen LogP contribution in [-0.4, -0.2) is 162 Å². The van der Waals surface area contributed by atoms with E-state index in [1.165, 1.54) is 7.11 Å². The maximum absolute atomic E-state index is 14.6. The number of hydrogen-bond acceptors (Lipinski definition) is 15. The minimum absolute atomic E-state index is 0.00499. The highest BCUT2D eigenvalue weighted by atomic mass is 19.4. The van der Waals surface area contributed by atoms with Gasteiger partial charge < -0.3 is 53.4 Å². The van der Waals surface area contributed by atoms with Crippen LogP contribution in [0.4, 0.5) is 13.2 Å². The number of hydrogen-bond donors (Lipinski definition) is 3. The molecule has 16 nitrogen and oxygen atoms in total. The van der Waals surface area contributed by atoms with Crippen LogP contribution in [0.1, 0.15) is 160 Å². The van der Waals surface area contributed by atoms with Crippen molar-refractivity contribution in [2.24, 2.45) is 35.5 Å². The number of alkyl halides is 3. The summed E-state index contributed by atoms with van der Waals surface area (Å²) in [5, 5.41) is 33.2. The Hall–Kier alpha value is -3.66. The number of nitrogens with zero attached hydrogens (tertiary/aromatic N) is 1. The molecule has 0 aromatic carbocycles. The van der Waals surface area contributed by atoms with Crippen molar-refractivity contribution in [3.63, 3.8) is 0 Å². The molecule has 4 rings (SSSR count). The van der Waals surface area contributed by atoms with Gasteiger partial charge in [-0.1, -0.05) is 71.1 Å². The van der Waals surface area contributed by atoms with Crippen LogP contribution in [0.2, 0.25) is 0 Å². The number of carbonyl (C=O) groups is 5. The predicted octanol–water partition coefficient (Wildman–Crippen LogP) is 9.09. The van der Waals surface area contributed by atoms with E-state index in [9.17, 15) is 52.5 Å². The lowest BCUT2D eigenvalue weighted by atomic mass is 9.78. The third kappa shape index (κ3) is 19.2. The third-order valence-electron chi connectivity index (χ3n) is 16.9. The Morgan fingerprint density at radius 1 is 0.850 bits per heavy atom. The van der Waals surface area contributed by atoms with Crippen LogP contribution in [0.15, 0.2) is 47.6 Å². The topological polar surface area (TPSA) is 214 Å². The number of amides is 1. The molecule has 3 aliphatic heterocycles. The molecule has 456 valence electrons. The Kier molecular flexibility index (Phi) is 26.5. The number of aliphatic hydroxyl groups is 3. The summed E-state index contributed by atoms with van der Waals surface area (Å²) >= 11 is 0. The number of piperidine rings is 1. The van der Waals surface area contributed by atoms with Gasteiger partial charge in [-0.3, -0.25) is 19.2 Å². The third-order valence-corrected chi connectivity index (χ3v) is 16.9. The molecule has 19 heteroatoms. The number of rotatable bonds is 14. The Labute approximate surface area is 473 Å².